The van der Waals surface area contributed by atoms with Crippen LogP contribution in [0.3, 0.4) is 0 Å². The molecule has 2 amide bonds. The van der Waals surface area contributed by atoms with E-state index in [1.807, 2.05) is 83.8 Å². The molecule has 0 radical (unpaired) electrons. The van der Waals surface area contributed by atoms with Gasteiger partial charge in [-0.25, -0.2) is 4.98 Å². The minimum absolute atomic E-state index is 0.0250. The third-order valence-electron chi connectivity index (χ3n) is 6.74. The number of carbonyl (C=O) groups excluding carboxylic acids is 2. The molecule has 0 spiro atoms. The smallest absolute Gasteiger partial charge is 0.254 e. The minimum atomic E-state index is -0.406. The number of rotatable bonds is 11. The SMILES string of the molecule is CC(C)(C)[C@H](c1nc(-c2ccccc2)cn1Cc1ccccc1)N(CCNC(=O)CCO)C(=O)c1ccccc1. The number of benzene rings is 3. The van der Waals surface area contributed by atoms with Crippen LogP contribution in [-0.2, 0) is 11.3 Å². The molecule has 4 aromatic rings. The molecule has 1 heterocycles. The summed E-state index contributed by atoms with van der Waals surface area (Å²) in [6.45, 7) is 7.25. The zero-order chi connectivity index (χ0) is 28.5. The first kappa shape index (κ1) is 28.8. The molecule has 0 aliphatic carbocycles. The molecule has 1 atom stereocenters. The number of carbonyl (C=O) groups is 2. The van der Waals surface area contributed by atoms with Gasteiger partial charge in [-0.1, -0.05) is 99.6 Å². The van der Waals surface area contributed by atoms with E-state index in [4.69, 9.17) is 10.1 Å². The Morgan fingerprint density at radius 3 is 2.12 bits per heavy atom. The summed E-state index contributed by atoms with van der Waals surface area (Å²) >= 11 is 0. The normalized spacial score (nSPS) is 12.1. The molecule has 0 fully saturated rings. The van der Waals surface area contributed by atoms with Crippen LogP contribution in [0.1, 0.15) is 55.0 Å². The maximum absolute atomic E-state index is 14.1. The molecule has 1 aromatic heterocycles. The highest BCUT2D eigenvalue weighted by atomic mass is 16.3. The number of nitrogens with zero attached hydrogens (tertiary/aromatic N) is 3. The van der Waals surface area contributed by atoms with Crippen LogP contribution >= 0.6 is 0 Å². The first-order valence-corrected chi connectivity index (χ1v) is 13.7. The lowest BCUT2D eigenvalue weighted by Crippen LogP contribution is -2.46. The van der Waals surface area contributed by atoms with Crippen molar-refractivity contribution in [1.29, 1.82) is 0 Å². The van der Waals surface area contributed by atoms with E-state index in [9.17, 15) is 9.59 Å². The average Bonchev–Trinajstić information content (AvgIpc) is 3.35. The zero-order valence-corrected chi connectivity index (χ0v) is 23.5. The lowest BCUT2D eigenvalue weighted by atomic mass is 9.84. The predicted molar refractivity (Wildman–Crippen MR) is 158 cm³/mol. The van der Waals surface area contributed by atoms with E-state index in [0.717, 1.165) is 22.6 Å². The van der Waals surface area contributed by atoms with Gasteiger partial charge >= 0.3 is 0 Å². The Hall–Kier alpha value is -4.23. The Morgan fingerprint density at radius 1 is 0.925 bits per heavy atom. The van der Waals surface area contributed by atoms with E-state index >= 15 is 0 Å². The molecule has 0 bridgehead atoms. The van der Waals surface area contributed by atoms with Crippen molar-refractivity contribution >= 4 is 11.8 Å². The van der Waals surface area contributed by atoms with E-state index in [0.29, 0.717) is 12.1 Å². The van der Waals surface area contributed by atoms with Gasteiger partial charge in [-0.3, -0.25) is 9.59 Å². The number of hydrogen-bond donors (Lipinski definition) is 2. The summed E-state index contributed by atoms with van der Waals surface area (Å²) in [5, 5.41) is 12.0. The molecule has 40 heavy (non-hydrogen) atoms. The van der Waals surface area contributed by atoms with Crippen molar-refractivity contribution in [3.8, 4) is 11.3 Å². The van der Waals surface area contributed by atoms with Crippen LogP contribution < -0.4 is 5.32 Å². The summed E-state index contributed by atoms with van der Waals surface area (Å²) in [6.07, 6.45) is 2.09. The number of hydrogen-bond acceptors (Lipinski definition) is 4. The lowest BCUT2D eigenvalue weighted by molar-refractivity contribution is -0.121. The van der Waals surface area contributed by atoms with E-state index in [-0.39, 0.29) is 37.9 Å². The summed E-state index contributed by atoms with van der Waals surface area (Å²) in [6, 6.07) is 29.0. The molecular formula is C33H38N4O3. The van der Waals surface area contributed by atoms with E-state index < -0.39 is 11.5 Å². The molecule has 2 N–H and O–H groups in total. The Labute approximate surface area is 236 Å². The number of aliphatic hydroxyl groups excluding tert-OH is 1. The van der Waals surface area contributed by atoms with Crippen LogP contribution in [0.25, 0.3) is 11.3 Å². The van der Waals surface area contributed by atoms with Crippen molar-refractivity contribution in [3.63, 3.8) is 0 Å². The van der Waals surface area contributed by atoms with Crippen molar-refractivity contribution in [2.75, 3.05) is 19.7 Å². The molecule has 3 aromatic carbocycles. The van der Waals surface area contributed by atoms with E-state index in [2.05, 4.69) is 49.0 Å². The van der Waals surface area contributed by atoms with E-state index in [1.165, 1.54) is 0 Å². The number of imidazole rings is 1. The van der Waals surface area contributed by atoms with Gasteiger partial charge < -0.3 is 19.9 Å². The van der Waals surface area contributed by atoms with Crippen molar-refractivity contribution < 1.29 is 14.7 Å². The van der Waals surface area contributed by atoms with Crippen LogP contribution in [0.5, 0.6) is 0 Å². The molecule has 0 saturated carbocycles. The van der Waals surface area contributed by atoms with Crippen LogP contribution in [0.4, 0.5) is 0 Å². The predicted octanol–water partition coefficient (Wildman–Crippen LogP) is 5.33. The molecular weight excluding hydrogens is 500 g/mol. The Morgan fingerprint density at radius 2 is 1.52 bits per heavy atom. The van der Waals surface area contributed by atoms with Gasteiger partial charge in [-0.05, 0) is 23.1 Å². The van der Waals surface area contributed by atoms with Crippen LogP contribution in [0, 0.1) is 5.41 Å². The average molecular weight is 539 g/mol. The number of aliphatic hydroxyl groups is 1. The van der Waals surface area contributed by atoms with Crippen LogP contribution in [0.2, 0.25) is 0 Å². The monoisotopic (exact) mass is 538 g/mol. The maximum Gasteiger partial charge on any atom is 0.254 e. The van der Waals surface area contributed by atoms with E-state index in [1.54, 1.807) is 0 Å². The highest BCUT2D eigenvalue weighted by Crippen LogP contribution is 2.39. The minimum Gasteiger partial charge on any atom is -0.396 e. The Balaban J connectivity index is 1.81. The molecule has 208 valence electrons. The van der Waals surface area contributed by atoms with Gasteiger partial charge in [-0.15, -0.1) is 0 Å². The van der Waals surface area contributed by atoms with Gasteiger partial charge in [-0.2, -0.15) is 0 Å². The summed E-state index contributed by atoms with van der Waals surface area (Å²) in [7, 11) is 0. The highest BCUT2D eigenvalue weighted by molar-refractivity contribution is 5.94. The fraction of sp³-hybridized carbons (Fsp3) is 0.303. The second-order valence-electron chi connectivity index (χ2n) is 10.9. The molecule has 4 rings (SSSR count). The molecule has 0 saturated heterocycles. The quantitative estimate of drug-likeness (QED) is 0.270. The second-order valence-corrected chi connectivity index (χ2v) is 10.9. The fourth-order valence-electron chi connectivity index (χ4n) is 4.90. The van der Waals surface area contributed by atoms with Crippen molar-refractivity contribution in [2.45, 2.75) is 39.8 Å². The first-order valence-electron chi connectivity index (χ1n) is 13.7. The largest absolute Gasteiger partial charge is 0.396 e. The molecule has 7 heteroatoms. The van der Waals surface area contributed by atoms with Crippen molar-refractivity contribution in [1.82, 2.24) is 19.8 Å². The van der Waals surface area contributed by atoms with Crippen molar-refractivity contribution in [3.05, 3.63) is 114 Å². The number of aromatic nitrogens is 2. The van der Waals surface area contributed by atoms with Crippen LogP contribution in [-0.4, -0.2) is 51.1 Å². The third kappa shape index (κ3) is 7.24. The summed E-state index contributed by atoms with van der Waals surface area (Å²) in [5.41, 5.74) is 3.14. The third-order valence-corrected chi connectivity index (χ3v) is 6.74. The van der Waals surface area contributed by atoms with Gasteiger partial charge in [0.05, 0.1) is 18.3 Å². The summed E-state index contributed by atoms with van der Waals surface area (Å²) in [4.78, 5) is 33.2. The standard InChI is InChI=1S/C33H38N4O3/c1-33(2,3)30(37(21-20-34-29(39)19-22-38)32(40)27-17-11-6-12-18-27)31-35-28(26-15-9-5-10-16-26)24-36(31)23-25-13-7-4-8-14-25/h4-18,24,30,38H,19-23H2,1-3H3,(H,34,39)/t30-/m0/s1. The first-order chi connectivity index (χ1) is 19.3. The Kier molecular flexibility index (Phi) is 9.51. The molecule has 7 nitrogen and oxygen atoms in total. The molecule has 0 aliphatic rings. The number of amides is 2. The van der Waals surface area contributed by atoms with Gasteiger partial charge in [0, 0.05) is 43.4 Å². The second kappa shape index (κ2) is 13.2. The number of nitrogens with one attached hydrogen (secondary N) is 1. The van der Waals surface area contributed by atoms with Crippen molar-refractivity contribution in [2.24, 2.45) is 5.41 Å². The molecule has 0 aliphatic heterocycles. The van der Waals surface area contributed by atoms with Gasteiger partial charge in [0.25, 0.3) is 5.91 Å². The van der Waals surface area contributed by atoms with Crippen LogP contribution in [0.15, 0.2) is 97.2 Å². The fourth-order valence-corrected chi connectivity index (χ4v) is 4.90. The molecule has 0 unspecified atom stereocenters. The topological polar surface area (TPSA) is 87.5 Å². The maximum atomic E-state index is 14.1. The zero-order valence-electron chi connectivity index (χ0n) is 23.5. The van der Waals surface area contributed by atoms with Gasteiger partial charge in [0.2, 0.25) is 5.91 Å². The van der Waals surface area contributed by atoms with Gasteiger partial charge in [0.15, 0.2) is 0 Å². The highest BCUT2D eigenvalue weighted by Gasteiger charge is 2.38. The summed E-state index contributed by atoms with van der Waals surface area (Å²) in [5.74, 6) is 0.396. The lowest BCUT2D eigenvalue weighted by Gasteiger charge is -2.40. The van der Waals surface area contributed by atoms with Gasteiger partial charge in [0.1, 0.15) is 5.82 Å². The Bertz CT molecular complexity index is 1380. The summed E-state index contributed by atoms with van der Waals surface area (Å²) < 4.78 is 2.14.